The molecule has 0 unspecified atom stereocenters. The van der Waals surface area contributed by atoms with Crippen LogP contribution in [0.1, 0.15) is 27.7 Å². The molecule has 0 bridgehead atoms. The highest BCUT2D eigenvalue weighted by atomic mass is 16.5. The summed E-state index contributed by atoms with van der Waals surface area (Å²) in [5.74, 6) is -0.417. The van der Waals surface area contributed by atoms with E-state index in [0.29, 0.717) is 0 Å². The molecule has 1 N–H and O–H groups in total. The van der Waals surface area contributed by atoms with Crippen molar-refractivity contribution >= 4 is 11.9 Å². The molecule has 58 valence electrons. The quantitative estimate of drug-likeness (QED) is 0.318. The Labute approximate surface area is 60.9 Å². The summed E-state index contributed by atoms with van der Waals surface area (Å²) in [6.07, 6.45) is 0. The third-order valence-corrected chi connectivity index (χ3v) is 0.858. The summed E-state index contributed by atoms with van der Waals surface area (Å²) in [7, 11) is 0. The molecule has 0 heterocycles. The second-order valence-electron chi connectivity index (χ2n) is 3.20. The van der Waals surface area contributed by atoms with Crippen LogP contribution < -0.4 is 0 Å². The van der Waals surface area contributed by atoms with Crippen LogP contribution in [-0.2, 0) is 9.53 Å². The van der Waals surface area contributed by atoms with E-state index in [1.54, 1.807) is 20.8 Å². The maximum atomic E-state index is 10.9. The highest BCUT2D eigenvalue weighted by molar-refractivity contribution is 5.88. The first-order valence-corrected chi connectivity index (χ1v) is 3.11. The van der Waals surface area contributed by atoms with Crippen molar-refractivity contribution in [1.82, 2.24) is 0 Å². The zero-order valence-electron chi connectivity index (χ0n) is 6.82. The maximum Gasteiger partial charge on any atom is 0.317 e. The van der Waals surface area contributed by atoms with Gasteiger partial charge in [0.1, 0.15) is 0 Å². The number of nitrogens with one attached hydrogen (secondary N) is 1. The lowest BCUT2D eigenvalue weighted by molar-refractivity contribution is -0.144. The molecule has 0 radical (unpaired) electrons. The summed E-state index contributed by atoms with van der Waals surface area (Å²) in [5, 5.41) is 6.86. The molecule has 0 aromatic heterocycles. The number of ether oxygens (including phenoxy) is 1. The van der Waals surface area contributed by atoms with Gasteiger partial charge in [0.15, 0.2) is 5.90 Å². The standard InChI is InChI=1S/C7H13NO2/c1-5(8)10-6(9)7(2,3)4/h8H,1-4H3. The molecule has 0 amide bonds. The number of rotatable bonds is 0. The number of hydrogen-bond acceptors (Lipinski definition) is 3. The Morgan fingerprint density at radius 2 is 1.80 bits per heavy atom. The van der Waals surface area contributed by atoms with Gasteiger partial charge in [0.25, 0.3) is 0 Å². The van der Waals surface area contributed by atoms with Crippen molar-refractivity contribution in [3.63, 3.8) is 0 Å². The van der Waals surface area contributed by atoms with Gasteiger partial charge in [0, 0.05) is 6.92 Å². The molecule has 0 aliphatic carbocycles. The molecular weight excluding hydrogens is 130 g/mol. The molecule has 3 nitrogen and oxygen atoms in total. The number of carbonyl (C=O) groups excluding carboxylic acids is 1. The maximum absolute atomic E-state index is 10.9. The van der Waals surface area contributed by atoms with Crippen LogP contribution in [0.5, 0.6) is 0 Å². The van der Waals surface area contributed by atoms with Gasteiger partial charge in [-0.3, -0.25) is 10.2 Å². The first-order chi connectivity index (χ1) is 4.34. The SMILES string of the molecule is CC(=N)OC(=O)C(C)(C)C. The van der Waals surface area contributed by atoms with E-state index in [-0.39, 0.29) is 11.9 Å². The third-order valence-electron chi connectivity index (χ3n) is 0.858. The smallest absolute Gasteiger partial charge is 0.317 e. The average Bonchev–Trinajstić information content (AvgIpc) is 1.60. The van der Waals surface area contributed by atoms with E-state index in [4.69, 9.17) is 5.41 Å². The minimum absolute atomic E-state index is 0.0556. The van der Waals surface area contributed by atoms with E-state index >= 15 is 0 Å². The Bertz CT molecular complexity index is 155. The highest BCUT2D eigenvalue weighted by Crippen LogP contribution is 2.14. The summed E-state index contributed by atoms with van der Waals surface area (Å²) in [5.41, 5.74) is -0.512. The monoisotopic (exact) mass is 143 g/mol. The van der Waals surface area contributed by atoms with Gasteiger partial charge in [0.05, 0.1) is 5.41 Å². The van der Waals surface area contributed by atoms with Crippen molar-refractivity contribution in [3.05, 3.63) is 0 Å². The van der Waals surface area contributed by atoms with Crippen molar-refractivity contribution in [2.24, 2.45) is 5.41 Å². The average molecular weight is 143 g/mol. The van der Waals surface area contributed by atoms with Crippen LogP contribution in [0.4, 0.5) is 0 Å². The summed E-state index contributed by atoms with van der Waals surface area (Å²) in [4.78, 5) is 10.9. The van der Waals surface area contributed by atoms with Crippen molar-refractivity contribution in [2.45, 2.75) is 27.7 Å². The molecule has 10 heavy (non-hydrogen) atoms. The van der Waals surface area contributed by atoms with E-state index in [9.17, 15) is 4.79 Å². The van der Waals surface area contributed by atoms with E-state index in [0.717, 1.165) is 0 Å². The van der Waals surface area contributed by atoms with Gasteiger partial charge < -0.3 is 4.74 Å². The van der Waals surface area contributed by atoms with E-state index in [1.807, 2.05) is 0 Å². The van der Waals surface area contributed by atoms with Gasteiger partial charge in [-0.25, -0.2) is 0 Å². The van der Waals surface area contributed by atoms with Crippen LogP contribution >= 0.6 is 0 Å². The summed E-state index contributed by atoms with van der Waals surface area (Å²) >= 11 is 0. The third kappa shape index (κ3) is 3.22. The zero-order chi connectivity index (χ0) is 8.36. The van der Waals surface area contributed by atoms with E-state index in [2.05, 4.69) is 4.74 Å². The van der Waals surface area contributed by atoms with Crippen molar-refractivity contribution in [3.8, 4) is 0 Å². The van der Waals surface area contributed by atoms with Gasteiger partial charge in [0.2, 0.25) is 0 Å². The lowest BCUT2D eigenvalue weighted by Crippen LogP contribution is -2.24. The highest BCUT2D eigenvalue weighted by Gasteiger charge is 2.23. The fourth-order valence-electron chi connectivity index (χ4n) is 0.292. The minimum Gasteiger partial charge on any atom is -0.412 e. The van der Waals surface area contributed by atoms with Gasteiger partial charge in [-0.05, 0) is 20.8 Å². The first kappa shape index (κ1) is 9.14. The van der Waals surface area contributed by atoms with Crippen molar-refractivity contribution in [2.75, 3.05) is 0 Å². The normalized spacial score (nSPS) is 10.8. The van der Waals surface area contributed by atoms with Crippen LogP contribution in [0.2, 0.25) is 0 Å². The molecule has 0 aliphatic heterocycles. The minimum atomic E-state index is -0.512. The predicted molar refractivity (Wildman–Crippen MR) is 38.9 cm³/mol. The molecule has 0 aromatic carbocycles. The topological polar surface area (TPSA) is 50.1 Å². The van der Waals surface area contributed by atoms with Gasteiger partial charge in [-0.15, -0.1) is 0 Å². The molecule has 0 aliphatic rings. The van der Waals surface area contributed by atoms with Crippen molar-refractivity contribution in [1.29, 1.82) is 5.41 Å². The van der Waals surface area contributed by atoms with Crippen LogP contribution in [0.25, 0.3) is 0 Å². The molecule has 0 rings (SSSR count). The largest absolute Gasteiger partial charge is 0.412 e. The van der Waals surface area contributed by atoms with E-state index < -0.39 is 5.41 Å². The second kappa shape index (κ2) is 2.82. The first-order valence-electron chi connectivity index (χ1n) is 3.11. The zero-order valence-corrected chi connectivity index (χ0v) is 6.82. The lowest BCUT2D eigenvalue weighted by Gasteiger charge is -2.14. The molecule has 0 spiro atoms. The Morgan fingerprint density at radius 3 is 1.90 bits per heavy atom. The van der Waals surface area contributed by atoms with Crippen LogP contribution in [0.3, 0.4) is 0 Å². The summed E-state index contributed by atoms with van der Waals surface area (Å²) in [6.45, 7) is 6.68. The van der Waals surface area contributed by atoms with Crippen LogP contribution in [0.15, 0.2) is 0 Å². The summed E-state index contributed by atoms with van der Waals surface area (Å²) in [6, 6.07) is 0. The number of carbonyl (C=O) groups is 1. The fraction of sp³-hybridized carbons (Fsp3) is 0.714. The molecule has 0 saturated carbocycles. The Kier molecular flexibility index (Phi) is 2.57. The Balaban J connectivity index is 3.99. The molecule has 0 aromatic rings. The Morgan fingerprint density at radius 1 is 1.40 bits per heavy atom. The number of hydrogen-bond donors (Lipinski definition) is 1. The lowest BCUT2D eigenvalue weighted by atomic mass is 9.97. The molecule has 0 saturated heterocycles. The van der Waals surface area contributed by atoms with Crippen molar-refractivity contribution < 1.29 is 9.53 Å². The Hall–Kier alpha value is -0.860. The van der Waals surface area contributed by atoms with Gasteiger partial charge in [-0.1, -0.05) is 0 Å². The van der Waals surface area contributed by atoms with Gasteiger partial charge >= 0.3 is 5.97 Å². The van der Waals surface area contributed by atoms with Crippen LogP contribution in [0, 0.1) is 10.8 Å². The summed E-state index contributed by atoms with van der Waals surface area (Å²) < 4.78 is 4.56. The second-order valence-corrected chi connectivity index (χ2v) is 3.20. The molecular formula is C7H13NO2. The number of esters is 1. The predicted octanol–water partition coefficient (Wildman–Crippen LogP) is 1.57. The molecule has 0 atom stereocenters. The van der Waals surface area contributed by atoms with Gasteiger partial charge in [-0.2, -0.15) is 0 Å². The molecule has 0 fully saturated rings. The fourth-order valence-corrected chi connectivity index (χ4v) is 0.292. The molecule has 3 heteroatoms. The van der Waals surface area contributed by atoms with Crippen LogP contribution in [-0.4, -0.2) is 11.9 Å². The van der Waals surface area contributed by atoms with E-state index in [1.165, 1.54) is 6.92 Å².